The quantitative estimate of drug-likeness (QED) is 0.898. The van der Waals surface area contributed by atoms with E-state index in [2.05, 4.69) is 15.5 Å². The highest BCUT2D eigenvalue weighted by Gasteiger charge is 2.21. The van der Waals surface area contributed by atoms with Crippen LogP contribution in [0.15, 0.2) is 28.0 Å². The summed E-state index contributed by atoms with van der Waals surface area (Å²) in [6.45, 7) is 2.33. The maximum Gasteiger partial charge on any atom is 0.264 e. The molecule has 0 radical (unpaired) electrons. The van der Waals surface area contributed by atoms with Crippen molar-refractivity contribution >= 4 is 9.84 Å². The van der Waals surface area contributed by atoms with E-state index in [1.54, 1.807) is 6.08 Å². The third kappa shape index (κ3) is 2.91. The molecule has 1 unspecified atom stereocenters. The van der Waals surface area contributed by atoms with Crippen LogP contribution in [0.2, 0.25) is 0 Å². The molecule has 3 heterocycles. The van der Waals surface area contributed by atoms with E-state index in [-0.39, 0.29) is 11.8 Å². The molecule has 2 aromatic rings. The van der Waals surface area contributed by atoms with Gasteiger partial charge in [-0.15, -0.1) is 10.2 Å². The Morgan fingerprint density at radius 1 is 1.43 bits per heavy atom. The molecule has 112 valence electrons. The van der Waals surface area contributed by atoms with E-state index in [0.717, 1.165) is 11.4 Å². The molecule has 0 aliphatic carbocycles. The van der Waals surface area contributed by atoms with E-state index in [1.807, 2.05) is 30.7 Å². The predicted molar refractivity (Wildman–Crippen MR) is 77.0 cm³/mol. The van der Waals surface area contributed by atoms with Gasteiger partial charge in [0.05, 0.1) is 12.3 Å². The number of sulfone groups is 1. The van der Waals surface area contributed by atoms with Crippen LogP contribution in [0.4, 0.5) is 0 Å². The summed E-state index contributed by atoms with van der Waals surface area (Å²) in [4.78, 5) is 0. The Kier molecular flexibility index (Phi) is 3.42. The molecule has 0 saturated carbocycles. The lowest BCUT2D eigenvalue weighted by Crippen LogP contribution is -2.29. The number of nitrogens with zero attached hydrogens (tertiary/aromatic N) is 3. The fourth-order valence-corrected chi connectivity index (χ4v) is 3.45. The Balaban J connectivity index is 1.66. The van der Waals surface area contributed by atoms with Gasteiger partial charge in [0.25, 0.3) is 5.89 Å². The molecule has 0 amide bonds. The molecule has 1 aliphatic heterocycles. The molecule has 0 aromatic carbocycles. The molecule has 1 aliphatic rings. The van der Waals surface area contributed by atoms with Crippen LogP contribution in [0.1, 0.15) is 11.6 Å². The molecule has 0 fully saturated rings. The Morgan fingerprint density at radius 2 is 2.24 bits per heavy atom. The zero-order valence-electron chi connectivity index (χ0n) is 11.8. The van der Waals surface area contributed by atoms with Crippen molar-refractivity contribution < 1.29 is 12.8 Å². The highest BCUT2D eigenvalue weighted by molar-refractivity contribution is 7.94. The fraction of sp³-hybridized carbons (Fsp3) is 0.385. The summed E-state index contributed by atoms with van der Waals surface area (Å²) in [6.07, 6.45) is 1.63. The second kappa shape index (κ2) is 5.12. The first-order valence-corrected chi connectivity index (χ1v) is 8.25. The molecule has 0 saturated heterocycles. The van der Waals surface area contributed by atoms with Crippen LogP contribution in [0.25, 0.3) is 11.6 Å². The molecule has 1 atom stereocenters. The zero-order chi connectivity index (χ0) is 15.0. The van der Waals surface area contributed by atoms with E-state index in [9.17, 15) is 8.42 Å². The third-order valence-corrected chi connectivity index (χ3v) is 4.90. The van der Waals surface area contributed by atoms with Gasteiger partial charge in [-0.1, -0.05) is 6.08 Å². The summed E-state index contributed by atoms with van der Waals surface area (Å²) in [5.41, 5.74) is 1.96. The summed E-state index contributed by atoms with van der Waals surface area (Å²) in [7, 11) is -1.12. The number of hydrogen-bond donors (Lipinski definition) is 1. The third-order valence-electron chi connectivity index (χ3n) is 3.50. The fourth-order valence-electron chi connectivity index (χ4n) is 2.18. The van der Waals surface area contributed by atoms with Crippen LogP contribution in [-0.2, 0) is 23.4 Å². The number of aromatic nitrogens is 3. The van der Waals surface area contributed by atoms with Crippen LogP contribution in [0.5, 0.6) is 0 Å². The molecule has 2 aromatic heterocycles. The summed E-state index contributed by atoms with van der Waals surface area (Å²) >= 11 is 0. The van der Waals surface area contributed by atoms with Crippen LogP contribution in [0.3, 0.4) is 0 Å². The largest absolute Gasteiger partial charge is 0.418 e. The highest BCUT2D eigenvalue weighted by Crippen LogP contribution is 2.20. The standard InChI is InChI=1S/C13H16N4O3S/c1-9-3-4-11(17(9)2)13-16-15-12(20-13)7-14-10-5-6-21(18,19)8-10/h3-6,10,14H,7-8H2,1-2H3. The summed E-state index contributed by atoms with van der Waals surface area (Å²) in [5, 5.41) is 12.3. The average molecular weight is 308 g/mol. The van der Waals surface area contributed by atoms with Crippen LogP contribution >= 0.6 is 0 Å². The number of hydrogen-bond acceptors (Lipinski definition) is 6. The maximum atomic E-state index is 11.3. The van der Waals surface area contributed by atoms with E-state index < -0.39 is 9.84 Å². The van der Waals surface area contributed by atoms with Gasteiger partial charge in [-0.2, -0.15) is 0 Å². The van der Waals surface area contributed by atoms with Gasteiger partial charge in [-0.25, -0.2) is 8.42 Å². The van der Waals surface area contributed by atoms with Crippen molar-refractivity contribution in [1.29, 1.82) is 0 Å². The Labute approximate surface area is 122 Å². The molecular weight excluding hydrogens is 292 g/mol. The van der Waals surface area contributed by atoms with Crippen molar-refractivity contribution in [3.05, 3.63) is 35.2 Å². The smallest absolute Gasteiger partial charge is 0.264 e. The lowest BCUT2D eigenvalue weighted by Gasteiger charge is -2.06. The number of nitrogens with one attached hydrogen (secondary N) is 1. The van der Waals surface area contributed by atoms with Crippen molar-refractivity contribution in [2.45, 2.75) is 19.5 Å². The van der Waals surface area contributed by atoms with Gasteiger partial charge < -0.3 is 14.3 Å². The minimum Gasteiger partial charge on any atom is -0.418 e. The second-order valence-corrected chi connectivity index (χ2v) is 7.00. The first-order valence-electron chi connectivity index (χ1n) is 6.54. The van der Waals surface area contributed by atoms with Crippen LogP contribution in [0, 0.1) is 6.92 Å². The lowest BCUT2D eigenvalue weighted by atomic mass is 10.3. The van der Waals surface area contributed by atoms with Gasteiger partial charge in [-0.3, -0.25) is 0 Å². The van der Waals surface area contributed by atoms with Crippen LogP contribution in [-0.4, -0.2) is 35.0 Å². The Morgan fingerprint density at radius 3 is 2.86 bits per heavy atom. The number of rotatable bonds is 4. The van der Waals surface area contributed by atoms with Crippen molar-refractivity contribution in [1.82, 2.24) is 20.1 Å². The molecule has 0 bridgehead atoms. The predicted octanol–water partition coefficient (Wildman–Crippen LogP) is 0.784. The van der Waals surface area contributed by atoms with Gasteiger partial charge >= 0.3 is 0 Å². The summed E-state index contributed by atoms with van der Waals surface area (Å²) < 4.78 is 30.2. The van der Waals surface area contributed by atoms with Gasteiger partial charge in [0.15, 0.2) is 9.84 Å². The zero-order valence-corrected chi connectivity index (χ0v) is 12.6. The summed E-state index contributed by atoms with van der Waals surface area (Å²) in [6, 6.07) is 3.69. The topological polar surface area (TPSA) is 90.0 Å². The van der Waals surface area contributed by atoms with Crippen LogP contribution < -0.4 is 5.32 Å². The van der Waals surface area contributed by atoms with Crippen molar-refractivity contribution in [2.75, 3.05) is 5.75 Å². The van der Waals surface area contributed by atoms with Gasteiger partial charge in [-0.05, 0) is 19.1 Å². The lowest BCUT2D eigenvalue weighted by molar-refractivity contribution is 0.466. The molecular formula is C13H16N4O3S. The van der Waals surface area contributed by atoms with Gasteiger partial charge in [0.1, 0.15) is 5.69 Å². The molecule has 8 heteroatoms. The van der Waals surface area contributed by atoms with Crippen molar-refractivity contribution in [3.63, 3.8) is 0 Å². The highest BCUT2D eigenvalue weighted by atomic mass is 32.2. The molecule has 3 rings (SSSR count). The van der Waals surface area contributed by atoms with Crippen molar-refractivity contribution in [2.24, 2.45) is 7.05 Å². The number of aryl methyl sites for hydroxylation is 1. The first kappa shape index (κ1) is 14.0. The van der Waals surface area contributed by atoms with Crippen molar-refractivity contribution in [3.8, 4) is 11.6 Å². The van der Waals surface area contributed by atoms with Gasteiger partial charge in [0, 0.05) is 24.2 Å². The minimum absolute atomic E-state index is 0.0744. The molecule has 21 heavy (non-hydrogen) atoms. The molecule has 7 nitrogen and oxygen atoms in total. The van der Waals surface area contributed by atoms with E-state index in [1.165, 1.54) is 5.41 Å². The molecule has 0 spiro atoms. The Hall–Kier alpha value is -1.93. The normalized spacial score (nSPS) is 20.2. The summed E-state index contributed by atoms with van der Waals surface area (Å²) in [5.74, 6) is 0.962. The minimum atomic E-state index is -3.05. The SMILES string of the molecule is Cc1ccc(-c2nnc(CNC3C=CS(=O)(=O)C3)o2)n1C. The van der Waals surface area contributed by atoms with E-state index in [4.69, 9.17) is 4.42 Å². The second-order valence-electron chi connectivity index (χ2n) is 5.07. The first-order chi connectivity index (χ1) is 9.94. The molecule has 1 N–H and O–H groups in total. The average Bonchev–Trinajstić information content (AvgIpc) is 3.09. The van der Waals surface area contributed by atoms with E-state index >= 15 is 0 Å². The van der Waals surface area contributed by atoms with Gasteiger partial charge in [0.2, 0.25) is 5.89 Å². The maximum absolute atomic E-state index is 11.3. The van der Waals surface area contributed by atoms with E-state index in [0.29, 0.717) is 18.3 Å². The monoisotopic (exact) mass is 308 g/mol. The Bertz CT molecular complexity index is 788.